The van der Waals surface area contributed by atoms with Crippen LogP contribution in [-0.4, -0.2) is 38.4 Å². The fraction of sp³-hybridized carbons (Fsp3) is 0.429. The Bertz CT molecular complexity index is 612. The number of aromatic nitrogens is 4. The summed E-state index contributed by atoms with van der Waals surface area (Å²) in [5.74, 6) is 0.307. The number of ether oxygens (including phenoxy) is 1. The van der Waals surface area contributed by atoms with E-state index in [9.17, 15) is 4.79 Å². The molecule has 0 aliphatic rings. The van der Waals surface area contributed by atoms with E-state index in [1.807, 2.05) is 31.2 Å². The molecule has 0 spiro atoms. The van der Waals surface area contributed by atoms with Crippen LogP contribution in [0.2, 0.25) is 0 Å². The number of tetrazole rings is 1. The summed E-state index contributed by atoms with van der Waals surface area (Å²) in [6.07, 6.45) is 1.53. The van der Waals surface area contributed by atoms with E-state index in [0.29, 0.717) is 18.0 Å². The van der Waals surface area contributed by atoms with Crippen molar-refractivity contribution in [2.45, 2.75) is 32.2 Å². The molecule has 1 heterocycles. The second-order valence-corrected chi connectivity index (χ2v) is 4.69. The SMILES string of the molecule is CCCC(CC(=O)O)n1nnnc1-c1ccccc1OC. The van der Waals surface area contributed by atoms with Gasteiger partial charge in [-0.2, -0.15) is 0 Å². The number of nitrogens with zero attached hydrogens (tertiary/aromatic N) is 4. The van der Waals surface area contributed by atoms with Gasteiger partial charge in [-0.05, 0) is 29.0 Å². The van der Waals surface area contributed by atoms with Crippen molar-refractivity contribution in [3.63, 3.8) is 0 Å². The molecule has 0 saturated carbocycles. The van der Waals surface area contributed by atoms with Gasteiger partial charge in [0.1, 0.15) is 5.75 Å². The average molecular weight is 290 g/mol. The number of benzene rings is 1. The zero-order chi connectivity index (χ0) is 15.2. The Hall–Kier alpha value is -2.44. The molecule has 7 nitrogen and oxygen atoms in total. The van der Waals surface area contributed by atoms with E-state index in [1.54, 1.807) is 11.8 Å². The van der Waals surface area contributed by atoms with Crippen molar-refractivity contribution >= 4 is 5.97 Å². The highest BCUT2D eigenvalue weighted by atomic mass is 16.5. The van der Waals surface area contributed by atoms with Crippen molar-refractivity contribution in [1.29, 1.82) is 0 Å². The number of rotatable bonds is 7. The van der Waals surface area contributed by atoms with Crippen LogP contribution in [0.1, 0.15) is 32.2 Å². The van der Waals surface area contributed by atoms with Crippen LogP contribution in [-0.2, 0) is 4.79 Å². The van der Waals surface area contributed by atoms with E-state index in [1.165, 1.54) is 0 Å². The van der Waals surface area contributed by atoms with Crippen LogP contribution in [0.3, 0.4) is 0 Å². The molecule has 1 aromatic carbocycles. The molecule has 0 bridgehead atoms. The Kier molecular flexibility index (Phi) is 4.86. The third kappa shape index (κ3) is 3.36. The summed E-state index contributed by atoms with van der Waals surface area (Å²) < 4.78 is 6.90. The Balaban J connectivity index is 2.43. The van der Waals surface area contributed by atoms with Crippen LogP contribution in [0.5, 0.6) is 5.75 Å². The van der Waals surface area contributed by atoms with Crippen molar-refractivity contribution in [3.8, 4) is 17.1 Å². The van der Waals surface area contributed by atoms with E-state index in [-0.39, 0.29) is 12.5 Å². The second-order valence-electron chi connectivity index (χ2n) is 4.69. The fourth-order valence-electron chi connectivity index (χ4n) is 2.29. The zero-order valence-electron chi connectivity index (χ0n) is 12.1. The first-order valence-corrected chi connectivity index (χ1v) is 6.80. The van der Waals surface area contributed by atoms with Crippen LogP contribution < -0.4 is 4.74 Å². The summed E-state index contributed by atoms with van der Waals surface area (Å²) in [6.45, 7) is 2.00. The Labute approximate surface area is 122 Å². The van der Waals surface area contributed by atoms with E-state index < -0.39 is 5.97 Å². The number of aliphatic carboxylic acids is 1. The minimum absolute atomic E-state index is 0.0129. The molecule has 0 radical (unpaired) electrons. The van der Waals surface area contributed by atoms with E-state index >= 15 is 0 Å². The molecule has 0 saturated heterocycles. The normalized spacial score (nSPS) is 12.1. The average Bonchev–Trinajstić information content (AvgIpc) is 2.95. The van der Waals surface area contributed by atoms with Gasteiger partial charge in [0.25, 0.3) is 0 Å². The molecule has 1 aromatic heterocycles. The maximum absolute atomic E-state index is 11.0. The first-order chi connectivity index (χ1) is 10.2. The molecule has 1 N–H and O–H groups in total. The van der Waals surface area contributed by atoms with E-state index in [2.05, 4.69) is 15.5 Å². The predicted octanol–water partition coefficient (Wildman–Crippen LogP) is 2.16. The first-order valence-electron chi connectivity index (χ1n) is 6.80. The standard InChI is InChI=1S/C14H18N4O3/c1-3-6-10(9-13(19)20)18-14(15-16-17-18)11-7-4-5-8-12(11)21-2/h4-5,7-8,10H,3,6,9H2,1-2H3,(H,19,20). The van der Waals surface area contributed by atoms with Gasteiger partial charge >= 0.3 is 5.97 Å². The van der Waals surface area contributed by atoms with Crippen molar-refractivity contribution in [3.05, 3.63) is 24.3 Å². The number of carbonyl (C=O) groups is 1. The van der Waals surface area contributed by atoms with Crippen molar-refractivity contribution < 1.29 is 14.6 Å². The molecule has 21 heavy (non-hydrogen) atoms. The number of carboxylic acids is 1. The molecule has 0 amide bonds. The van der Waals surface area contributed by atoms with E-state index in [4.69, 9.17) is 9.84 Å². The molecule has 1 atom stereocenters. The number of hydrogen-bond acceptors (Lipinski definition) is 5. The topological polar surface area (TPSA) is 90.1 Å². The summed E-state index contributed by atoms with van der Waals surface area (Å²) in [5.41, 5.74) is 0.747. The van der Waals surface area contributed by atoms with Crippen LogP contribution in [0.25, 0.3) is 11.4 Å². The van der Waals surface area contributed by atoms with Crippen LogP contribution in [0.4, 0.5) is 0 Å². The third-order valence-electron chi connectivity index (χ3n) is 3.22. The molecule has 0 aliphatic carbocycles. The van der Waals surface area contributed by atoms with Crippen LogP contribution in [0, 0.1) is 0 Å². The molecule has 7 heteroatoms. The summed E-state index contributed by atoms with van der Waals surface area (Å²) in [4.78, 5) is 11.0. The number of para-hydroxylation sites is 1. The highest BCUT2D eigenvalue weighted by molar-refractivity contribution is 5.68. The summed E-state index contributed by atoms with van der Waals surface area (Å²) >= 11 is 0. The van der Waals surface area contributed by atoms with Gasteiger partial charge in [-0.25, -0.2) is 4.68 Å². The quantitative estimate of drug-likeness (QED) is 0.840. The molecule has 2 rings (SSSR count). The maximum atomic E-state index is 11.0. The highest BCUT2D eigenvalue weighted by Gasteiger charge is 2.22. The molecule has 2 aromatic rings. The van der Waals surface area contributed by atoms with Gasteiger partial charge in [0.05, 0.1) is 25.1 Å². The van der Waals surface area contributed by atoms with Gasteiger partial charge in [-0.3, -0.25) is 4.79 Å². The minimum Gasteiger partial charge on any atom is -0.496 e. The molecular weight excluding hydrogens is 272 g/mol. The van der Waals surface area contributed by atoms with Gasteiger partial charge < -0.3 is 9.84 Å². The lowest BCUT2D eigenvalue weighted by molar-refractivity contribution is -0.138. The number of methoxy groups -OCH3 is 1. The summed E-state index contributed by atoms with van der Waals surface area (Å²) in [5, 5.41) is 20.8. The molecule has 1 unspecified atom stereocenters. The van der Waals surface area contributed by atoms with Crippen molar-refractivity contribution in [1.82, 2.24) is 20.2 Å². The molecule has 0 fully saturated rings. The highest BCUT2D eigenvalue weighted by Crippen LogP contribution is 2.30. The molecular formula is C14H18N4O3. The first kappa shape index (κ1) is 15.0. The van der Waals surface area contributed by atoms with Crippen LogP contribution in [0.15, 0.2) is 24.3 Å². The third-order valence-corrected chi connectivity index (χ3v) is 3.22. The Morgan fingerprint density at radius 3 is 2.86 bits per heavy atom. The fourth-order valence-corrected chi connectivity index (χ4v) is 2.29. The van der Waals surface area contributed by atoms with Gasteiger partial charge in [-0.1, -0.05) is 25.5 Å². The molecule has 112 valence electrons. The Morgan fingerprint density at radius 2 is 2.19 bits per heavy atom. The van der Waals surface area contributed by atoms with Crippen molar-refractivity contribution in [2.75, 3.05) is 7.11 Å². The molecule has 0 aliphatic heterocycles. The predicted molar refractivity (Wildman–Crippen MR) is 76.0 cm³/mol. The lowest BCUT2D eigenvalue weighted by atomic mass is 10.1. The maximum Gasteiger partial charge on any atom is 0.305 e. The lowest BCUT2D eigenvalue weighted by Crippen LogP contribution is -2.16. The van der Waals surface area contributed by atoms with Crippen LogP contribution >= 0.6 is 0 Å². The monoisotopic (exact) mass is 290 g/mol. The van der Waals surface area contributed by atoms with E-state index in [0.717, 1.165) is 12.0 Å². The second kappa shape index (κ2) is 6.83. The minimum atomic E-state index is -0.866. The largest absolute Gasteiger partial charge is 0.496 e. The summed E-state index contributed by atoms with van der Waals surface area (Å²) in [7, 11) is 1.58. The summed E-state index contributed by atoms with van der Waals surface area (Å²) in [6, 6.07) is 7.12. The lowest BCUT2D eigenvalue weighted by Gasteiger charge is -2.16. The van der Waals surface area contributed by atoms with Gasteiger partial charge in [-0.15, -0.1) is 5.10 Å². The van der Waals surface area contributed by atoms with Crippen molar-refractivity contribution in [2.24, 2.45) is 0 Å². The zero-order valence-corrected chi connectivity index (χ0v) is 12.1. The Morgan fingerprint density at radius 1 is 1.43 bits per heavy atom. The number of carboxylic acid groups (broad SMARTS) is 1. The smallest absolute Gasteiger partial charge is 0.305 e. The van der Waals surface area contributed by atoms with Gasteiger partial charge in [0.15, 0.2) is 5.82 Å². The number of hydrogen-bond donors (Lipinski definition) is 1. The van der Waals surface area contributed by atoms with Gasteiger partial charge in [0.2, 0.25) is 0 Å². The van der Waals surface area contributed by atoms with Gasteiger partial charge in [0, 0.05) is 0 Å².